The standard InChI is InChI=1S/C15H15O3S/c1-19(2)14-10-8-13(9-11-14)18-15(16)17-12-6-4-3-5-7-12/h3-11H,1-2H3/q+1. The molecule has 2 aromatic rings. The molecule has 0 N–H and O–H groups in total. The zero-order chi connectivity index (χ0) is 13.7. The Bertz CT molecular complexity index is 535. The molecule has 0 saturated carbocycles. The molecule has 0 atom stereocenters. The molecule has 0 spiro atoms. The number of hydrogen-bond donors (Lipinski definition) is 0. The lowest BCUT2D eigenvalue weighted by atomic mass is 10.3. The van der Waals surface area contributed by atoms with Crippen molar-refractivity contribution < 1.29 is 14.3 Å². The Balaban J connectivity index is 1.95. The fourth-order valence-electron chi connectivity index (χ4n) is 1.48. The van der Waals surface area contributed by atoms with Gasteiger partial charge in [0.2, 0.25) is 0 Å². The third kappa shape index (κ3) is 4.03. The van der Waals surface area contributed by atoms with Crippen LogP contribution in [0.2, 0.25) is 0 Å². The minimum atomic E-state index is -0.731. The normalized spacial score (nSPS) is 10.3. The van der Waals surface area contributed by atoms with Gasteiger partial charge in [0.05, 0.1) is 0 Å². The fraction of sp³-hybridized carbons (Fsp3) is 0.133. The molecule has 0 bridgehead atoms. The van der Waals surface area contributed by atoms with Crippen molar-refractivity contribution in [2.24, 2.45) is 0 Å². The molecule has 0 radical (unpaired) electrons. The smallest absolute Gasteiger partial charge is 0.395 e. The minimum absolute atomic E-state index is 0.197. The lowest BCUT2D eigenvalue weighted by molar-refractivity contribution is 0.152. The van der Waals surface area contributed by atoms with Gasteiger partial charge in [0.25, 0.3) is 0 Å². The van der Waals surface area contributed by atoms with E-state index in [9.17, 15) is 4.79 Å². The zero-order valence-electron chi connectivity index (χ0n) is 10.8. The van der Waals surface area contributed by atoms with Crippen LogP contribution in [0.25, 0.3) is 0 Å². The molecule has 0 aliphatic carbocycles. The van der Waals surface area contributed by atoms with Gasteiger partial charge < -0.3 is 9.47 Å². The van der Waals surface area contributed by atoms with Crippen molar-refractivity contribution in [3.05, 3.63) is 54.6 Å². The van der Waals surface area contributed by atoms with Crippen LogP contribution >= 0.6 is 0 Å². The van der Waals surface area contributed by atoms with Gasteiger partial charge in [0.15, 0.2) is 4.90 Å². The lowest BCUT2D eigenvalue weighted by Gasteiger charge is -2.05. The van der Waals surface area contributed by atoms with E-state index in [0.29, 0.717) is 11.5 Å². The van der Waals surface area contributed by atoms with E-state index in [0.717, 1.165) is 0 Å². The van der Waals surface area contributed by atoms with Crippen LogP contribution in [-0.4, -0.2) is 18.7 Å². The molecule has 0 amide bonds. The average Bonchev–Trinajstić information content (AvgIpc) is 2.40. The Labute approximate surface area is 115 Å². The highest BCUT2D eigenvalue weighted by Crippen LogP contribution is 2.17. The number of carbonyl (C=O) groups is 1. The highest BCUT2D eigenvalue weighted by atomic mass is 32.2. The second-order valence-electron chi connectivity index (χ2n) is 4.06. The van der Waals surface area contributed by atoms with E-state index in [2.05, 4.69) is 12.5 Å². The van der Waals surface area contributed by atoms with Crippen molar-refractivity contribution in [1.82, 2.24) is 0 Å². The number of para-hydroxylation sites is 1. The Morgan fingerprint density at radius 2 is 1.37 bits per heavy atom. The van der Waals surface area contributed by atoms with Crippen LogP contribution in [0.5, 0.6) is 11.5 Å². The molecule has 3 nitrogen and oxygen atoms in total. The van der Waals surface area contributed by atoms with Crippen LogP contribution < -0.4 is 9.47 Å². The SMILES string of the molecule is C[S+](C)c1ccc(OC(=O)Oc2ccccc2)cc1. The van der Waals surface area contributed by atoms with Gasteiger partial charge in [0.1, 0.15) is 24.0 Å². The highest BCUT2D eigenvalue weighted by molar-refractivity contribution is 7.95. The number of carbonyl (C=O) groups excluding carboxylic acids is 1. The first kappa shape index (κ1) is 13.5. The van der Waals surface area contributed by atoms with Gasteiger partial charge in [-0.1, -0.05) is 18.2 Å². The molecular weight excluding hydrogens is 260 g/mol. The average molecular weight is 275 g/mol. The summed E-state index contributed by atoms with van der Waals surface area (Å²) in [4.78, 5) is 12.8. The predicted octanol–water partition coefficient (Wildman–Crippen LogP) is 3.50. The van der Waals surface area contributed by atoms with E-state index >= 15 is 0 Å². The van der Waals surface area contributed by atoms with Crippen LogP contribution in [0.1, 0.15) is 0 Å². The van der Waals surface area contributed by atoms with Crippen molar-refractivity contribution in [3.8, 4) is 11.5 Å². The number of ether oxygens (including phenoxy) is 2. The lowest BCUT2D eigenvalue weighted by Crippen LogP contribution is -2.13. The molecule has 0 heterocycles. The maximum Gasteiger partial charge on any atom is 0.519 e. The summed E-state index contributed by atoms with van der Waals surface area (Å²) in [6.07, 6.45) is 3.55. The van der Waals surface area contributed by atoms with E-state index < -0.39 is 6.16 Å². The third-order valence-electron chi connectivity index (χ3n) is 2.44. The summed E-state index contributed by atoms with van der Waals surface area (Å²) < 4.78 is 10.1. The summed E-state index contributed by atoms with van der Waals surface area (Å²) in [7, 11) is 0.197. The van der Waals surface area contributed by atoms with Gasteiger partial charge in [-0.15, -0.1) is 0 Å². The molecule has 0 aliphatic heterocycles. The van der Waals surface area contributed by atoms with Crippen LogP contribution in [0.15, 0.2) is 59.5 Å². The van der Waals surface area contributed by atoms with Crippen LogP contribution in [0, 0.1) is 0 Å². The van der Waals surface area contributed by atoms with Crippen molar-refractivity contribution in [3.63, 3.8) is 0 Å². The number of hydrogen-bond acceptors (Lipinski definition) is 3. The van der Waals surface area contributed by atoms with E-state index in [4.69, 9.17) is 9.47 Å². The summed E-state index contributed by atoms with van der Waals surface area (Å²) >= 11 is 0. The van der Waals surface area contributed by atoms with Gasteiger partial charge in [-0.05, 0) is 36.4 Å². The molecular formula is C15H15O3S+. The molecule has 0 fully saturated rings. The Morgan fingerprint density at radius 1 is 0.842 bits per heavy atom. The summed E-state index contributed by atoms with van der Waals surface area (Å²) in [5.74, 6) is 0.947. The van der Waals surface area contributed by atoms with E-state index in [1.807, 2.05) is 18.2 Å². The summed E-state index contributed by atoms with van der Waals surface area (Å²) in [5, 5.41) is 0. The number of benzene rings is 2. The van der Waals surface area contributed by atoms with Crippen molar-refractivity contribution in [2.45, 2.75) is 4.90 Å². The van der Waals surface area contributed by atoms with Crippen LogP contribution in [0.3, 0.4) is 0 Å². The van der Waals surface area contributed by atoms with Crippen molar-refractivity contribution >= 4 is 17.1 Å². The van der Waals surface area contributed by atoms with E-state index in [1.165, 1.54) is 4.90 Å². The van der Waals surface area contributed by atoms with E-state index in [-0.39, 0.29) is 10.9 Å². The topological polar surface area (TPSA) is 35.5 Å². The molecule has 2 rings (SSSR count). The molecule has 0 aliphatic rings. The summed E-state index contributed by atoms with van der Waals surface area (Å²) in [6.45, 7) is 0. The van der Waals surface area contributed by atoms with Gasteiger partial charge in [-0.3, -0.25) is 0 Å². The highest BCUT2D eigenvalue weighted by Gasteiger charge is 2.10. The molecule has 2 aromatic carbocycles. The van der Waals surface area contributed by atoms with Gasteiger partial charge >= 0.3 is 6.16 Å². The van der Waals surface area contributed by atoms with Crippen LogP contribution in [-0.2, 0) is 10.9 Å². The van der Waals surface area contributed by atoms with Gasteiger partial charge in [-0.2, -0.15) is 0 Å². The second kappa shape index (κ2) is 6.29. The molecule has 0 saturated heterocycles. The quantitative estimate of drug-likeness (QED) is 0.488. The van der Waals surface area contributed by atoms with Gasteiger partial charge in [0, 0.05) is 10.9 Å². The van der Waals surface area contributed by atoms with Crippen molar-refractivity contribution in [2.75, 3.05) is 12.5 Å². The molecule has 4 heteroatoms. The maximum atomic E-state index is 11.6. The second-order valence-corrected chi connectivity index (χ2v) is 6.16. The minimum Gasteiger partial charge on any atom is -0.395 e. The predicted molar refractivity (Wildman–Crippen MR) is 77.0 cm³/mol. The largest absolute Gasteiger partial charge is 0.519 e. The molecule has 98 valence electrons. The Kier molecular flexibility index (Phi) is 4.47. The summed E-state index contributed by atoms with van der Waals surface area (Å²) in [5.41, 5.74) is 0. The fourth-order valence-corrected chi connectivity index (χ4v) is 2.16. The zero-order valence-corrected chi connectivity index (χ0v) is 11.6. The monoisotopic (exact) mass is 275 g/mol. The van der Waals surface area contributed by atoms with Gasteiger partial charge in [-0.25, -0.2) is 4.79 Å². The first-order valence-corrected chi connectivity index (χ1v) is 7.81. The molecule has 0 aromatic heterocycles. The summed E-state index contributed by atoms with van der Waals surface area (Å²) in [6, 6.07) is 16.3. The van der Waals surface area contributed by atoms with E-state index in [1.54, 1.807) is 36.4 Å². The van der Waals surface area contributed by atoms with Crippen LogP contribution in [0.4, 0.5) is 4.79 Å². The third-order valence-corrected chi connectivity index (χ3v) is 3.66. The molecule has 0 unspecified atom stereocenters. The maximum absolute atomic E-state index is 11.6. The molecule has 19 heavy (non-hydrogen) atoms. The van der Waals surface area contributed by atoms with Crippen molar-refractivity contribution in [1.29, 1.82) is 0 Å². The Morgan fingerprint density at radius 3 is 1.89 bits per heavy atom. The first-order valence-electron chi connectivity index (χ1n) is 5.77. The first-order chi connectivity index (χ1) is 9.15. The Hall–Kier alpha value is -1.94. The number of rotatable bonds is 3.